The van der Waals surface area contributed by atoms with Gasteiger partial charge in [-0.05, 0) is 38.8 Å². The standard InChI is InChI=1S/C14H21NO4/c1-3-18-11-6-8-15(9-7-11)10(2)12-4-5-13(19-12)14(16)17/h4-5,10-11H,3,6-9H2,1-2H3,(H,16,17). The Hall–Kier alpha value is -1.33. The summed E-state index contributed by atoms with van der Waals surface area (Å²) in [6, 6.07) is 3.37. The van der Waals surface area contributed by atoms with Crippen LogP contribution < -0.4 is 0 Å². The first-order chi connectivity index (χ1) is 9.11. The number of carboxylic acid groups (broad SMARTS) is 1. The Kier molecular flexibility index (Phi) is 4.61. The summed E-state index contributed by atoms with van der Waals surface area (Å²) >= 11 is 0. The van der Waals surface area contributed by atoms with Gasteiger partial charge in [-0.1, -0.05) is 0 Å². The zero-order chi connectivity index (χ0) is 13.8. The number of hydrogen-bond donors (Lipinski definition) is 1. The molecule has 1 atom stereocenters. The molecule has 1 N–H and O–H groups in total. The van der Waals surface area contributed by atoms with Gasteiger partial charge in [-0.15, -0.1) is 0 Å². The molecule has 1 aliphatic rings. The second-order valence-corrected chi connectivity index (χ2v) is 4.87. The van der Waals surface area contributed by atoms with Crippen LogP contribution in [0.3, 0.4) is 0 Å². The fraction of sp³-hybridized carbons (Fsp3) is 0.643. The highest BCUT2D eigenvalue weighted by molar-refractivity contribution is 5.84. The smallest absolute Gasteiger partial charge is 0.371 e. The van der Waals surface area contributed by atoms with Crippen molar-refractivity contribution in [1.82, 2.24) is 4.90 Å². The van der Waals surface area contributed by atoms with Crippen LogP contribution in [0.15, 0.2) is 16.5 Å². The van der Waals surface area contributed by atoms with Gasteiger partial charge in [-0.3, -0.25) is 4.90 Å². The minimum Gasteiger partial charge on any atom is -0.475 e. The fourth-order valence-corrected chi connectivity index (χ4v) is 2.54. The molecule has 1 fully saturated rings. The Bertz CT molecular complexity index is 421. The largest absolute Gasteiger partial charge is 0.475 e. The van der Waals surface area contributed by atoms with Gasteiger partial charge in [0.05, 0.1) is 12.1 Å². The third-order valence-electron chi connectivity index (χ3n) is 3.68. The molecular formula is C14H21NO4. The van der Waals surface area contributed by atoms with E-state index in [1.807, 2.05) is 13.8 Å². The quantitative estimate of drug-likeness (QED) is 0.888. The van der Waals surface area contributed by atoms with E-state index in [2.05, 4.69) is 4.90 Å². The lowest BCUT2D eigenvalue weighted by molar-refractivity contribution is 0.00327. The third kappa shape index (κ3) is 3.36. The van der Waals surface area contributed by atoms with Crippen LogP contribution in [-0.2, 0) is 4.74 Å². The molecule has 0 amide bonds. The van der Waals surface area contributed by atoms with Crippen molar-refractivity contribution in [2.75, 3.05) is 19.7 Å². The SMILES string of the molecule is CCOC1CCN(C(C)c2ccc(C(=O)O)o2)CC1. The summed E-state index contributed by atoms with van der Waals surface area (Å²) < 4.78 is 11.0. The Morgan fingerprint density at radius 3 is 2.74 bits per heavy atom. The van der Waals surface area contributed by atoms with E-state index in [0.717, 1.165) is 32.5 Å². The molecule has 0 spiro atoms. The zero-order valence-corrected chi connectivity index (χ0v) is 11.5. The van der Waals surface area contributed by atoms with E-state index in [-0.39, 0.29) is 11.8 Å². The van der Waals surface area contributed by atoms with Gasteiger partial charge in [0.25, 0.3) is 0 Å². The number of piperidine rings is 1. The van der Waals surface area contributed by atoms with Gasteiger partial charge in [0.2, 0.25) is 5.76 Å². The van der Waals surface area contributed by atoms with Crippen molar-refractivity contribution in [2.45, 2.75) is 38.8 Å². The maximum atomic E-state index is 10.8. The third-order valence-corrected chi connectivity index (χ3v) is 3.68. The van der Waals surface area contributed by atoms with Crippen LogP contribution >= 0.6 is 0 Å². The van der Waals surface area contributed by atoms with Crippen LogP contribution in [0.1, 0.15) is 49.0 Å². The Morgan fingerprint density at radius 1 is 1.53 bits per heavy atom. The van der Waals surface area contributed by atoms with Gasteiger partial charge in [-0.25, -0.2) is 4.79 Å². The first kappa shape index (κ1) is 14.1. The molecule has 2 heterocycles. The van der Waals surface area contributed by atoms with Gasteiger partial charge in [-0.2, -0.15) is 0 Å². The maximum absolute atomic E-state index is 10.8. The summed E-state index contributed by atoms with van der Waals surface area (Å²) in [6.07, 6.45) is 2.40. The van der Waals surface area contributed by atoms with Crippen molar-refractivity contribution in [3.8, 4) is 0 Å². The summed E-state index contributed by atoms with van der Waals surface area (Å²) in [5.41, 5.74) is 0. The summed E-state index contributed by atoms with van der Waals surface area (Å²) in [5.74, 6) is -0.299. The van der Waals surface area contributed by atoms with E-state index in [1.54, 1.807) is 6.07 Å². The first-order valence-corrected chi connectivity index (χ1v) is 6.80. The highest BCUT2D eigenvalue weighted by atomic mass is 16.5. The predicted octanol–water partition coefficient (Wildman–Crippen LogP) is 2.54. The second kappa shape index (κ2) is 6.21. The van der Waals surface area contributed by atoms with Crippen molar-refractivity contribution < 1.29 is 19.1 Å². The maximum Gasteiger partial charge on any atom is 0.371 e. The Labute approximate surface area is 113 Å². The van der Waals surface area contributed by atoms with Gasteiger partial charge in [0.15, 0.2) is 0 Å². The molecule has 0 radical (unpaired) electrons. The lowest BCUT2D eigenvalue weighted by atomic mass is 10.1. The lowest BCUT2D eigenvalue weighted by Crippen LogP contribution is -2.38. The molecule has 1 saturated heterocycles. The van der Waals surface area contributed by atoms with Crippen LogP contribution in [0.5, 0.6) is 0 Å². The number of furan rings is 1. The van der Waals surface area contributed by atoms with Crippen LogP contribution in [0.4, 0.5) is 0 Å². The summed E-state index contributed by atoms with van der Waals surface area (Å²) in [4.78, 5) is 13.1. The summed E-state index contributed by atoms with van der Waals surface area (Å²) in [5, 5.41) is 8.86. The van der Waals surface area contributed by atoms with Crippen molar-refractivity contribution in [3.05, 3.63) is 23.7 Å². The minimum absolute atomic E-state index is 0.00560. The molecule has 2 rings (SSSR count). The number of carbonyl (C=O) groups is 1. The molecule has 0 saturated carbocycles. The van der Waals surface area contributed by atoms with Gasteiger partial charge < -0.3 is 14.3 Å². The van der Waals surface area contributed by atoms with E-state index in [9.17, 15) is 4.79 Å². The average molecular weight is 267 g/mol. The second-order valence-electron chi connectivity index (χ2n) is 4.87. The molecule has 1 aromatic rings. The van der Waals surface area contributed by atoms with Crippen molar-refractivity contribution in [1.29, 1.82) is 0 Å². The van der Waals surface area contributed by atoms with E-state index in [1.165, 1.54) is 6.07 Å². The molecule has 1 aromatic heterocycles. The van der Waals surface area contributed by atoms with E-state index >= 15 is 0 Å². The van der Waals surface area contributed by atoms with E-state index in [0.29, 0.717) is 11.9 Å². The van der Waals surface area contributed by atoms with Crippen LogP contribution in [0, 0.1) is 0 Å². The molecule has 1 unspecified atom stereocenters. The topological polar surface area (TPSA) is 62.9 Å². The Balaban J connectivity index is 1.93. The summed E-state index contributed by atoms with van der Waals surface area (Å²) in [6.45, 7) is 6.74. The molecule has 5 heteroatoms. The fourth-order valence-electron chi connectivity index (χ4n) is 2.54. The minimum atomic E-state index is -1.02. The molecule has 0 bridgehead atoms. The number of aromatic carboxylic acids is 1. The lowest BCUT2D eigenvalue weighted by Gasteiger charge is -2.34. The normalized spacial score (nSPS) is 19.5. The monoisotopic (exact) mass is 267 g/mol. The number of carboxylic acids is 1. The molecule has 0 aromatic carbocycles. The predicted molar refractivity (Wildman–Crippen MR) is 70.3 cm³/mol. The van der Waals surface area contributed by atoms with Crippen molar-refractivity contribution in [2.24, 2.45) is 0 Å². The first-order valence-electron chi connectivity index (χ1n) is 6.80. The number of nitrogens with zero attached hydrogens (tertiary/aromatic N) is 1. The molecule has 0 aliphatic carbocycles. The number of rotatable bonds is 5. The molecule has 1 aliphatic heterocycles. The highest BCUT2D eigenvalue weighted by Gasteiger charge is 2.25. The molecule has 5 nitrogen and oxygen atoms in total. The van der Waals surface area contributed by atoms with Gasteiger partial charge >= 0.3 is 5.97 Å². The molecule has 106 valence electrons. The van der Waals surface area contributed by atoms with Crippen LogP contribution in [-0.4, -0.2) is 41.8 Å². The van der Waals surface area contributed by atoms with E-state index < -0.39 is 5.97 Å². The van der Waals surface area contributed by atoms with Gasteiger partial charge in [0.1, 0.15) is 5.76 Å². The Morgan fingerprint density at radius 2 is 2.21 bits per heavy atom. The zero-order valence-electron chi connectivity index (χ0n) is 11.5. The summed E-state index contributed by atoms with van der Waals surface area (Å²) in [7, 11) is 0. The number of hydrogen-bond acceptors (Lipinski definition) is 4. The van der Waals surface area contributed by atoms with Crippen LogP contribution in [0.25, 0.3) is 0 Å². The van der Waals surface area contributed by atoms with Crippen molar-refractivity contribution >= 4 is 5.97 Å². The average Bonchev–Trinajstić information content (AvgIpc) is 2.89. The van der Waals surface area contributed by atoms with Crippen LogP contribution in [0.2, 0.25) is 0 Å². The molecular weight excluding hydrogens is 246 g/mol. The molecule has 19 heavy (non-hydrogen) atoms. The van der Waals surface area contributed by atoms with Crippen molar-refractivity contribution in [3.63, 3.8) is 0 Å². The number of likely N-dealkylation sites (tertiary alicyclic amines) is 1. The van der Waals surface area contributed by atoms with E-state index in [4.69, 9.17) is 14.3 Å². The van der Waals surface area contributed by atoms with Gasteiger partial charge in [0, 0.05) is 19.7 Å². The highest BCUT2D eigenvalue weighted by Crippen LogP contribution is 2.26. The number of ether oxygens (including phenoxy) is 1.